The molecular formula is C10H10O3. The van der Waals surface area contributed by atoms with Crippen molar-refractivity contribution in [1.29, 1.82) is 0 Å². The number of benzene rings is 1. The normalized spacial score (nSPS) is 26.5. The maximum Gasteiger partial charge on any atom is 0.212 e. The van der Waals surface area contributed by atoms with Crippen LogP contribution < -0.4 is 4.74 Å². The van der Waals surface area contributed by atoms with Crippen LogP contribution in [0.3, 0.4) is 0 Å². The largest absolute Gasteiger partial charge is 0.462 e. The smallest absolute Gasteiger partial charge is 0.212 e. The van der Waals surface area contributed by atoms with Crippen LogP contribution in [0.5, 0.6) is 5.75 Å². The number of aliphatic hydroxyl groups is 1. The molecular weight excluding hydrogens is 168 g/mol. The molecule has 3 heteroatoms. The van der Waals surface area contributed by atoms with Gasteiger partial charge in [0.05, 0.1) is 12.0 Å². The van der Waals surface area contributed by atoms with Crippen molar-refractivity contribution in [3.05, 3.63) is 29.8 Å². The van der Waals surface area contributed by atoms with Gasteiger partial charge in [0.15, 0.2) is 5.78 Å². The second-order valence-electron chi connectivity index (χ2n) is 3.37. The number of carbonyl (C=O) groups excluding carboxylic acids is 1. The molecule has 1 unspecified atom stereocenters. The molecule has 13 heavy (non-hydrogen) atoms. The fraction of sp³-hybridized carbons (Fsp3) is 0.300. The quantitative estimate of drug-likeness (QED) is 0.652. The van der Waals surface area contributed by atoms with Gasteiger partial charge in [0.1, 0.15) is 5.75 Å². The second kappa shape index (κ2) is 2.57. The standard InChI is InChI=1S/C10H10O3/c1-10(12)6-8(11)7-4-2-3-5-9(7)13-10/h2-5,12H,6H2,1H3. The molecule has 1 aromatic carbocycles. The number of fused-ring (bicyclic) bond motifs is 1. The summed E-state index contributed by atoms with van der Waals surface area (Å²) in [5.41, 5.74) is 0.550. The molecule has 0 saturated heterocycles. The van der Waals surface area contributed by atoms with Crippen LogP contribution in [0, 0.1) is 0 Å². The Kier molecular flexibility index (Phi) is 1.63. The molecule has 68 valence electrons. The van der Waals surface area contributed by atoms with Crippen molar-refractivity contribution in [3.8, 4) is 5.75 Å². The average Bonchev–Trinajstić information content (AvgIpc) is 2.02. The Morgan fingerprint density at radius 1 is 1.46 bits per heavy atom. The van der Waals surface area contributed by atoms with Gasteiger partial charge in [-0.25, -0.2) is 0 Å². The van der Waals surface area contributed by atoms with E-state index >= 15 is 0 Å². The highest BCUT2D eigenvalue weighted by atomic mass is 16.6. The van der Waals surface area contributed by atoms with Gasteiger partial charge in [-0.05, 0) is 12.1 Å². The molecule has 0 fully saturated rings. The van der Waals surface area contributed by atoms with Gasteiger partial charge in [-0.2, -0.15) is 0 Å². The highest BCUT2D eigenvalue weighted by molar-refractivity contribution is 6.00. The highest BCUT2D eigenvalue weighted by Crippen LogP contribution is 2.30. The summed E-state index contributed by atoms with van der Waals surface area (Å²) in [6.45, 7) is 1.49. The Balaban J connectivity index is 2.49. The van der Waals surface area contributed by atoms with Crippen molar-refractivity contribution >= 4 is 5.78 Å². The molecule has 1 aliphatic heterocycles. The third kappa shape index (κ3) is 1.42. The Bertz CT molecular complexity index is 355. The molecule has 0 bridgehead atoms. The number of Topliss-reactive ketones (excluding diaryl/α,β-unsaturated/α-hetero) is 1. The summed E-state index contributed by atoms with van der Waals surface area (Å²) < 4.78 is 5.22. The van der Waals surface area contributed by atoms with Crippen LogP contribution in [0.4, 0.5) is 0 Å². The van der Waals surface area contributed by atoms with Gasteiger partial charge in [0.25, 0.3) is 0 Å². The van der Waals surface area contributed by atoms with Crippen molar-refractivity contribution in [2.24, 2.45) is 0 Å². The van der Waals surface area contributed by atoms with Crippen LogP contribution >= 0.6 is 0 Å². The van der Waals surface area contributed by atoms with Crippen LogP contribution in [0.2, 0.25) is 0 Å². The first-order valence-corrected chi connectivity index (χ1v) is 4.12. The van der Waals surface area contributed by atoms with E-state index < -0.39 is 5.79 Å². The minimum atomic E-state index is -1.36. The van der Waals surface area contributed by atoms with E-state index in [0.29, 0.717) is 11.3 Å². The number of ketones is 1. The lowest BCUT2D eigenvalue weighted by Crippen LogP contribution is -2.38. The lowest BCUT2D eigenvalue weighted by atomic mass is 10.00. The second-order valence-corrected chi connectivity index (χ2v) is 3.37. The molecule has 0 aliphatic carbocycles. The summed E-state index contributed by atoms with van der Waals surface area (Å²) in [7, 11) is 0. The van der Waals surface area contributed by atoms with E-state index in [2.05, 4.69) is 0 Å². The molecule has 0 saturated carbocycles. The number of hydrogen-bond acceptors (Lipinski definition) is 3. The lowest BCUT2D eigenvalue weighted by molar-refractivity contribution is -0.123. The van der Waals surface area contributed by atoms with Crippen LogP contribution in [-0.4, -0.2) is 16.7 Å². The zero-order chi connectivity index (χ0) is 9.47. The van der Waals surface area contributed by atoms with Gasteiger partial charge in [0, 0.05) is 6.92 Å². The molecule has 1 heterocycles. The van der Waals surface area contributed by atoms with E-state index in [4.69, 9.17) is 4.74 Å². The molecule has 0 amide bonds. The van der Waals surface area contributed by atoms with Crippen LogP contribution in [0.15, 0.2) is 24.3 Å². The zero-order valence-corrected chi connectivity index (χ0v) is 7.28. The fourth-order valence-electron chi connectivity index (χ4n) is 1.45. The molecule has 2 rings (SSSR count). The first-order valence-electron chi connectivity index (χ1n) is 4.12. The number of para-hydroxylation sites is 1. The molecule has 3 nitrogen and oxygen atoms in total. The number of rotatable bonds is 0. The van der Waals surface area contributed by atoms with Gasteiger partial charge in [-0.15, -0.1) is 0 Å². The molecule has 0 aromatic heterocycles. The third-order valence-electron chi connectivity index (χ3n) is 2.01. The maximum absolute atomic E-state index is 11.5. The summed E-state index contributed by atoms with van der Waals surface area (Å²) >= 11 is 0. The lowest BCUT2D eigenvalue weighted by Gasteiger charge is -2.29. The van der Waals surface area contributed by atoms with Crippen molar-refractivity contribution in [1.82, 2.24) is 0 Å². The molecule has 0 spiro atoms. The van der Waals surface area contributed by atoms with Gasteiger partial charge in [-0.1, -0.05) is 12.1 Å². The number of ether oxygens (including phenoxy) is 1. The molecule has 0 radical (unpaired) electrons. The van der Waals surface area contributed by atoms with Crippen molar-refractivity contribution < 1.29 is 14.6 Å². The summed E-state index contributed by atoms with van der Waals surface area (Å²) in [4.78, 5) is 11.5. The van der Waals surface area contributed by atoms with Crippen LogP contribution in [-0.2, 0) is 0 Å². The predicted octanol–water partition coefficient (Wildman–Crippen LogP) is 1.36. The number of carbonyl (C=O) groups is 1. The van der Waals surface area contributed by atoms with Crippen molar-refractivity contribution in [3.63, 3.8) is 0 Å². The van der Waals surface area contributed by atoms with Crippen molar-refractivity contribution in [2.75, 3.05) is 0 Å². The molecule has 1 aliphatic rings. The average molecular weight is 178 g/mol. The third-order valence-corrected chi connectivity index (χ3v) is 2.01. The maximum atomic E-state index is 11.5. The topological polar surface area (TPSA) is 46.5 Å². The van der Waals surface area contributed by atoms with E-state index in [0.717, 1.165) is 0 Å². The van der Waals surface area contributed by atoms with Gasteiger partial charge >= 0.3 is 0 Å². The summed E-state index contributed by atoms with van der Waals surface area (Å²) in [6.07, 6.45) is 0.0179. The Morgan fingerprint density at radius 2 is 2.15 bits per heavy atom. The van der Waals surface area contributed by atoms with Gasteiger partial charge < -0.3 is 9.84 Å². The van der Waals surface area contributed by atoms with Gasteiger partial charge in [0.2, 0.25) is 5.79 Å². The van der Waals surface area contributed by atoms with E-state index in [9.17, 15) is 9.90 Å². The van der Waals surface area contributed by atoms with E-state index in [1.54, 1.807) is 24.3 Å². The fourth-order valence-corrected chi connectivity index (χ4v) is 1.45. The summed E-state index contributed by atoms with van der Waals surface area (Å²) in [5, 5.41) is 9.55. The van der Waals surface area contributed by atoms with E-state index in [1.807, 2.05) is 0 Å². The SMILES string of the molecule is CC1(O)CC(=O)c2ccccc2O1. The van der Waals surface area contributed by atoms with Crippen LogP contribution in [0.25, 0.3) is 0 Å². The zero-order valence-electron chi connectivity index (χ0n) is 7.28. The van der Waals surface area contributed by atoms with E-state index in [-0.39, 0.29) is 12.2 Å². The predicted molar refractivity (Wildman–Crippen MR) is 46.6 cm³/mol. The minimum Gasteiger partial charge on any atom is -0.462 e. The summed E-state index contributed by atoms with van der Waals surface area (Å²) in [5.74, 6) is -0.971. The highest BCUT2D eigenvalue weighted by Gasteiger charge is 2.33. The molecule has 1 atom stereocenters. The Labute approximate surface area is 76.0 Å². The summed E-state index contributed by atoms with van der Waals surface area (Å²) in [6, 6.07) is 6.93. The molecule has 1 aromatic rings. The minimum absolute atomic E-state index is 0.0179. The first-order chi connectivity index (χ1) is 6.08. The van der Waals surface area contributed by atoms with Crippen LogP contribution in [0.1, 0.15) is 23.7 Å². The van der Waals surface area contributed by atoms with Gasteiger partial charge in [-0.3, -0.25) is 4.79 Å². The molecule has 1 N–H and O–H groups in total. The number of hydrogen-bond donors (Lipinski definition) is 1. The Hall–Kier alpha value is -1.35. The van der Waals surface area contributed by atoms with Crippen molar-refractivity contribution in [2.45, 2.75) is 19.1 Å². The monoisotopic (exact) mass is 178 g/mol. The van der Waals surface area contributed by atoms with E-state index in [1.165, 1.54) is 6.92 Å². The first kappa shape index (κ1) is 8.26. The Morgan fingerprint density at radius 3 is 2.92 bits per heavy atom.